The number of aromatic amines is 4. The van der Waals surface area contributed by atoms with Crippen molar-refractivity contribution in [2.24, 2.45) is 7.05 Å². The molecule has 147 heavy (non-hydrogen) atoms. The summed E-state index contributed by atoms with van der Waals surface area (Å²) >= 11 is 0. The number of nitrogens with one attached hydrogen (secondary N) is 4. The Labute approximate surface area is 843 Å². The molecule has 36 heteroatoms. The summed E-state index contributed by atoms with van der Waals surface area (Å²) in [6, 6.07) is 64.2. The maximum absolute atomic E-state index is 14.5. The van der Waals surface area contributed by atoms with E-state index in [4.69, 9.17) is 14.6 Å². The smallest absolute Gasteiger partial charge is 0.260 e. The molecule has 0 unspecified atom stereocenters. The lowest BCUT2D eigenvalue weighted by Crippen LogP contribution is -2.41. The van der Waals surface area contributed by atoms with Crippen molar-refractivity contribution < 1.29 is 27.4 Å². The number of aromatic nitrogens is 26. The highest BCUT2D eigenvalue weighted by Crippen LogP contribution is 2.40. The number of pyridine rings is 4. The molecule has 0 saturated carbocycles. The number of H-pyrrole nitrogens is 4. The van der Waals surface area contributed by atoms with Gasteiger partial charge in [-0.25, -0.2) is 31.9 Å². The number of fused-ring (bicyclic) bond motifs is 5. The van der Waals surface area contributed by atoms with E-state index in [1.165, 1.54) is 36.2 Å². The highest BCUT2D eigenvalue weighted by Gasteiger charge is 2.33. The van der Waals surface area contributed by atoms with Crippen LogP contribution in [0.1, 0.15) is 120 Å². The normalized spacial score (nSPS) is 16.3. The van der Waals surface area contributed by atoms with E-state index in [9.17, 15) is 18.0 Å². The molecule has 17 heterocycles. The van der Waals surface area contributed by atoms with E-state index >= 15 is 0 Å². The number of likely N-dealkylation sites (tertiary alicyclic amines) is 4. The Morgan fingerprint density at radius 2 is 0.755 bits per heavy atom. The first kappa shape index (κ1) is 94.9. The van der Waals surface area contributed by atoms with Crippen molar-refractivity contribution >= 4 is 60.4 Å². The summed E-state index contributed by atoms with van der Waals surface area (Å²) in [6.45, 7) is 14.3. The van der Waals surface area contributed by atoms with Crippen molar-refractivity contribution in [2.45, 2.75) is 116 Å². The van der Waals surface area contributed by atoms with E-state index in [-0.39, 0.29) is 53.0 Å². The lowest BCUT2D eigenvalue weighted by atomic mass is 10.0. The van der Waals surface area contributed by atoms with E-state index in [0.29, 0.717) is 37.5 Å². The molecule has 740 valence electrons. The molecule has 33 nitrogen and oxygen atoms in total. The van der Waals surface area contributed by atoms with Crippen LogP contribution in [-0.4, -0.2) is 223 Å². The standard InChI is InChI=1S/C28H28FN7O.C28H28FN7.C28H27N9.C27H24FN7O2/c1-18-13-20(10-11-30-18)28-22-14-19(8-9-25(22)31-33-28)26-17-36(34-32-26)21-5-4-12-35(15-21)16-23-24(29)6-3-7-27(23)37-2;1-18-5-3-7-25(29)24(18)16-35-12-4-6-22(15-35)36-17-27(32-34-36)20-8-9-26-23(14-20)28(33-31-26)21-10-11-30-19(2)13-21;1-35-27-7-3-2-6-22(27)26(33-35)17-36-14-4-5-21(16-36)37-18-25(31-34-37)20-8-9-24-23(15-20)28(32-30-24)19-10-12-29-13-11-19;1-37-24-6-2-5-21(28)25(24)27(36)34-13-3-4-19(15-34)35-16-23(31-33-35)18-7-8-22-20(14-18)26(32-30-22)17-9-11-29-12-10-17/h3,6-11,13-14,17,21H,4-5,12,15-16H2,1-2H3,(H,31,33);3,5,7-11,13-14,17,22H,4,6,12,15-16H2,1-2H3,(H,31,33);2-3,6-13,15,18,21H,4-5,14,16-17H2,1H3,(H,30,32);2,5-12,14,16,19H,3-4,13,15H2,1H3,(H,30,32)/t21-;22-;21-;19-/m1111/s1. The minimum atomic E-state index is -0.588. The van der Waals surface area contributed by atoms with E-state index in [2.05, 4.69) is 177 Å². The first-order valence-electron chi connectivity index (χ1n) is 49.5. The summed E-state index contributed by atoms with van der Waals surface area (Å²) in [7, 11) is 5.03. The van der Waals surface area contributed by atoms with Gasteiger partial charge in [0.15, 0.2) is 0 Å². The zero-order chi connectivity index (χ0) is 100. The number of para-hydroxylation sites is 1. The van der Waals surface area contributed by atoms with Gasteiger partial charge in [0.25, 0.3) is 5.91 Å². The molecule has 4 aliphatic rings. The molecule has 1 amide bonds. The van der Waals surface area contributed by atoms with Crippen molar-refractivity contribution in [1.29, 1.82) is 0 Å². The van der Waals surface area contributed by atoms with Crippen LogP contribution in [0.5, 0.6) is 11.5 Å². The summed E-state index contributed by atoms with van der Waals surface area (Å²) in [4.78, 5) is 38.7. The fourth-order valence-corrected chi connectivity index (χ4v) is 20.7. The summed E-state index contributed by atoms with van der Waals surface area (Å²) in [5.41, 5.74) is 25.2. The molecule has 4 aliphatic heterocycles. The first-order chi connectivity index (χ1) is 72.0. The molecule has 4 saturated heterocycles. The quantitative estimate of drug-likeness (QED) is 0.0519. The highest BCUT2D eigenvalue weighted by molar-refractivity contribution is 6.00. The summed E-state index contributed by atoms with van der Waals surface area (Å²) < 4.78 is 63.8. The number of methoxy groups -OCH3 is 2. The van der Waals surface area contributed by atoms with E-state index < -0.39 is 5.82 Å². The third-order valence-corrected chi connectivity index (χ3v) is 28.4. The second-order valence-electron chi connectivity index (χ2n) is 38.0. The van der Waals surface area contributed by atoms with Gasteiger partial charge >= 0.3 is 0 Å². The second-order valence-corrected chi connectivity index (χ2v) is 38.0. The maximum Gasteiger partial charge on any atom is 0.260 e. The van der Waals surface area contributed by atoms with Crippen LogP contribution < -0.4 is 9.47 Å². The van der Waals surface area contributed by atoms with Gasteiger partial charge in [0.1, 0.15) is 80.1 Å². The van der Waals surface area contributed by atoms with Gasteiger partial charge in [-0.2, -0.15) is 25.5 Å². The Morgan fingerprint density at radius 3 is 1.19 bits per heavy atom. The summed E-state index contributed by atoms with van der Waals surface area (Å²) in [5, 5.41) is 76.6. The Balaban J connectivity index is 0.000000111. The first-order valence-corrected chi connectivity index (χ1v) is 49.5. The van der Waals surface area contributed by atoms with Gasteiger partial charge in [-0.3, -0.25) is 64.5 Å². The second kappa shape index (κ2) is 42.1. The zero-order valence-electron chi connectivity index (χ0n) is 82.1. The lowest BCUT2D eigenvalue weighted by molar-refractivity contribution is 0.0663. The molecule has 0 spiro atoms. The fourth-order valence-electron chi connectivity index (χ4n) is 20.7. The van der Waals surface area contributed by atoms with E-state index in [1.807, 2.05) is 174 Å². The van der Waals surface area contributed by atoms with Crippen molar-refractivity contribution in [1.82, 2.24) is 150 Å². The van der Waals surface area contributed by atoms with Crippen LogP contribution in [0.3, 0.4) is 0 Å². The number of benzene rings is 8. The van der Waals surface area contributed by atoms with Gasteiger partial charge in [-0.15, -0.1) is 20.4 Å². The number of aryl methyl sites for hydroxylation is 4. The van der Waals surface area contributed by atoms with Gasteiger partial charge in [-0.1, -0.05) is 87.6 Å². The van der Waals surface area contributed by atoms with Crippen LogP contribution >= 0.6 is 0 Å². The number of hydrogen-bond acceptors (Lipinski definition) is 23. The molecule has 4 fully saturated rings. The summed E-state index contributed by atoms with van der Waals surface area (Å²) in [6.07, 6.45) is 26.6. The Kier molecular flexibility index (Phi) is 27.2. The largest absolute Gasteiger partial charge is 0.496 e. The number of halogens is 3. The maximum atomic E-state index is 14.5. The monoisotopic (exact) mass is 1960 g/mol. The van der Waals surface area contributed by atoms with Crippen LogP contribution in [0.25, 0.3) is 145 Å². The molecule has 13 aromatic heterocycles. The number of ether oxygens (including phenoxy) is 2. The molecule has 4 atom stereocenters. The molecule has 4 N–H and O–H groups in total. The highest BCUT2D eigenvalue weighted by atomic mass is 19.1. The molecule has 0 bridgehead atoms. The molecule has 21 aromatic rings. The number of carbonyl (C=O) groups excluding carboxylic acids is 1. The predicted octanol–water partition coefficient (Wildman–Crippen LogP) is 19.8. The Hall–Kier alpha value is -17.0. The van der Waals surface area contributed by atoms with Gasteiger partial charge in [0.2, 0.25) is 0 Å². The van der Waals surface area contributed by atoms with Gasteiger partial charge in [0, 0.05) is 191 Å². The molecule has 0 radical (unpaired) electrons. The number of nitrogens with zero attached hydrogens (tertiary/aromatic N) is 26. The van der Waals surface area contributed by atoms with E-state index in [1.54, 1.807) is 71.9 Å². The summed E-state index contributed by atoms with van der Waals surface area (Å²) in [5.74, 6) is -0.516. The van der Waals surface area contributed by atoms with Crippen molar-refractivity contribution in [2.75, 3.05) is 66.6 Å². The lowest BCUT2D eigenvalue weighted by Gasteiger charge is -2.33. The Bertz CT molecular complexity index is 8270. The minimum Gasteiger partial charge on any atom is -0.496 e. The third kappa shape index (κ3) is 20.3. The van der Waals surface area contributed by atoms with Crippen molar-refractivity contribution in [3.8, 4) is 102 Å². The zero-order valence-corrected chi connectivity index (χ0v) is 82.1. The minimum absolute atomic E-state index is 0.0386. The van der Waals surface area contributed by atoms with Crippen LogP contribution in [0, 0.1) is 38.2 Å². The average molecular weight is 1970 g/mol. The topological polar surface area (TPSA) is 355 Å². The van der Waals surface area contributed by atoms with E-state index in [0.717, 1.165) is 259 Å². The molecule has 25 rings (SSSR count). The molecular weight excluding hydrogens is 1860 g/mol. The number of hydrogen-bond donors (Lipinski definition) is 4. The SMILES string of the molecule is COc1cccc(F)c1C(=O)N1CCC[C@@H](n2cc(-c3ccc4[nH]nc(-c5ccncc5)c4c3)nn2)C1.COc1cccc(F)c1CN1CCC[C@@H](n2cc(-c3ccc4[nH]nc(-c5ccnc(C)c5)c4c3)nn2)C1.Cc1cc(-c2n[nH]c3ccc(-c4cn([C@@H]5CCCN(Cc6c(C)cccc6F)C5)nn4)cc23)ccn1.Cn1nc(CN2CCC[C@@H](n3cc(-c4ccc5[nH]nc(-c6ccncc6)c5c4)nn3)C2)c2ccccc21. The molecule has 8 aromatic carbocycles. The van der Waals surface area contributed by atoms with Gasteiger partial charge in [-0.05, 0) is 231 Å². The molecule has 0 aliphatic carbocycles. The Morgan fingerprint density at radius 1 is 0.374 bits per heavy atom. The fraction of sp³-hybridized carbons (Fsp3) is 0.261. The van der Waals surface area contributed by atoms with Crippen molar-refractivity contribution in [3.63, 3.8) is 0 Å². The number of rotatable bonds is 21. The van der Waals surface area contributed by atoms with Crippen molar-refractivity contribution in [3.05, 3.63) is 319 Å². The van der Waals surface area contributed by atoms with Gasteiger partial charge < -0.3 is 14.4 Å². The number of piperidine rings is 4. The van der Waals surface area contributed by atoms with Crippen LogP contribution in [-0.2, 0) is 26.7 Å². The van der Waals surface area contributed by atoms with Crippen LogP contribution in [0.4, 0.5) is 13.2 Å². The average Bonchev–Trinajstić information content (AvgIpc) is 1.63. The number of amides is 1. The molecular formula is C111H107F3N30O3. The number of carbonyl (C=O) groups is 1. The van der Waals surface area contributed by atoms with Crippen LogP contribution in [0.15, 0.2) is 262 Å². The van der Waals surface area contributed by atoms with Gasteiger partial charge in [0.05, 0.1) is 96.5 Å². The third-order valence-electron chi connectivity index (χ3n) is 28.4. The predicted molar refractivity (Wildman–Crippen MR) is 555 cm³/mol. The van der Waals surface area contributed by atoms with Crippen LogP contribution in [0.2, 0.25) is 0 Å².